The number of hydrazone groups is 1. The molecule has 1 amide bonds. The Hall–Kier alpha value is -3.85. The molecule has 0 fully saturated rings. The number of nitro groups is 1. The van der Waals surface area contributed by atoms with Crippen molar-refractivity contribution in [3.8, 4) is 5.75 Å². The first-order valence-corrected chi connectivity index (χ1v) is 9.55. The number of non-ortho nitro benzene ring substituents is 1. The number of nitrogens with zero attached hydrogens (tertiary/aromatic N) is 3. The van der Waals surface area contributed by atoms with Gasteiger partial charge in [0.05, 0.1) is 17.0 Å². The van der Waals surface area contributed by atoms with Crippen LogP contribution >= 0.6 is 11.6 Å². The van der Waals surface area contributed by atoms with E-state index in [1.807, 2.05) is 6.92 Å². The fraction of sp³-hybridized carbons (Fsp3) is 0.143. The number of hydrogen-bond donors (Lipinski definition) is 1. The van der Waals surface area contributed by atoms with Crippen LogP contribution in [-0.4, -0.2) is 33.9 Å². The second-order valence-electron chi connectivity index (χ2n) is 6.38. The van der Waals surface area contributed by atoms with Crippen LogP contribution in [0.1, 0.15) is 29.8 Å². The van der Waals surface area contributed by atoms with Crippen LogP contribution in [0.5, 0.6) is 5.75 Å². The van der Waals surface area contributed by atoms with Gasteiger partial charge in [-0.2, -0.15) is 5.10 Å². The molecule has 31 heavy (non-hydrogen) atoms. The maximum atomic E-state index is 12.3. The van der Waals surface area contributed by atoms with Crippen LogP contribution < -0.4 is 10.2 Å². The summed E-state index contributed by atoms with van der Waals surface area (Å²) in [6.45, 7) is 3.66. The van der Waals surface area contributed by atoms with Gasteiger partial charge < -0.3 is 4.74 Å². The number of carbonyl (C=O) groups excluding carboxylic acids is 2. The largest absolute Gasteiger partial charge is 0.494 e. The highest BCUT2D eigenvalue weighted by atomic mass is 35.5. The molecule has 0 saturated heterocycles. The molecule has 0 bridgehead atoms. The Morgan fingerprint density at radius 1 is 1.19 bits per heavy atom. The Bertz CT molecular complexity index is 1210. The number of carbonyl (C=O) groups is 2. The number of amides is 1. The van der Waals surface area contributed by atoms with Gasteiger partial charge in [0.15, 0.2) is 5.78 Å². The molecule has 0 unspecified atom stereocenters. The fourth-order valence-electron chi connectivity index (χ4n) is 2.78. The minimum absolute atomic E-state index is 0.0414. The van der Waals surface area contributed by atoms with Gasteiger partial charge >= 0.3 is 0 Å². The number of Topliss-reactive ketones (excluding diaryl/α,β-unsaturated/α-hetero) is 1. The highest BCUT2D eigenvalue weighted by Gasteiger charge is 2.17. The molecule has 3 aromatic rings. The van der Waals surface area contributed by atoms with Crippen LogP contribution in [0.4, 0.5) is 5.69 Å². The van der Waals surface area contributed by atoms with Crippen LogP contribution in [0.15, 0.2) is 53.6 Å². The average molecular weight is 441 g/mol. The third kappa shape index (κ3) is 5.01. The summed E-state index contributed by atoms with van der Waals surface area (Å²) in [6, 6.07) is 11.9. The quantitative estimate of drug-likeness (QED) is 0.257. The number of nitrogens with one attached hydrogen (secondary N) is 1. The lowest BCUT2D eigenvalue weighted by atomic mass is 10.1. The van der Waals surface area contributed by atoms with Gasteiger partial charge in [-0.05, 0) is 37.3 Å². The Kier molecular flexibility index (Phi) is 6.56. The van der Waals surface area contributed by atoms with Gasteiger partial charge in [0.2, 0.25) is 0 Å². The monoisotopic (exact) mass is 440 g/mol. The molecule has 10 heteroatoms. The summed E-state index contributed by atoms with van der Waals surface area (Å²) in [5.41, 5.74) is 3.04. The third-order valence-corrected chi connectivity index (χ3v) is 4.54. The minimum atomic E-state index is -0.639. The first kappa shape index (κ1) is 21.8. The van der Waals surface area contributed by atoms with Crippen molar-refractivity contribution in [2.24, 2.45) is 5.10 Å². The summed E-state index contributed by atoms with van der Waals surface area (Å²) < 4.78 is 5.45. The molecule has 0 aliphatic rings. The maximum Gasteiger partial charge on any atom is 0.271 e. The summed E-state index contributed by atoms with van der Waals surface area (Å²) in [6.07, 6.45) is 0. The standard InChI is InChI=1S/C21H17ClN4O5/c1-3-31-16-9-6-14-10-17(20(22)23-18(14)11-16)19(12(2)27)24-25-21(28)13-4-7-15(8-5-13)26(29)30/h4-11H,3H2,1-2H3,(H,25,28). The van der Waals surface area contributed by atoms with E-state index in [0.717, 1.165) is 0 Å². The SMILES string of the molecule is CCOc1ccc2cc(C(=NNC(=O)c3ccc([N+](=O)[O-])cc3)C(C)=O)c(Cl)nc2c1. The van der Waals surface area contributed by atoms with Gasteiger partial charge in [-0.1, -0.05) is 11.6 Å². The maximum absolute atomic E-state index is 12.3. The van der Waals surface area contributed by atoms with E-state index >= 15 is 0 Å². The zero-order chi connectivity index (χ0) is 22.5. The van der Waals surface area contributed by atoms with Crippen molar-refractivity contribution in [2.45, 2.75) is 13.8 Å². The number of aromatic nitrogens is 1. The molecule has 2 aromatic carbocycles. The number of pyridine rings is 1. The molecule has 1 heterocycles. The van der Waals surface area contributed by atoms with Crippen LogP contribution in [-0.2, 0) is 4.79 Å². The van der Waals surface area contributed by atoms with E-state index in [-0.39, 0.29) is 27.7 Å². The predicted molar refractivity (Wildman–Crippen MR) is 116 cm³/mol. The highest BCUT2D eigenvalue weighted by molar-refractivity contribution is 6.49. The van der Waals surface area contributed by atoms with Crippen molar-refractivity contribution in [1.82, 2.24) is 10.4 Å². The first-order chi connectivity index (χ1) is 14.8. The second-order valence-corrected chi connectivity index (χ2v) is 6.73. The van der Waals surface area contributed by atoms with E-state index in [2.05, 4.69) is 15.5 Å². The van der Waals surface area contributed by atoms with Crippen molar-refractivity contribution in [3.63, 3.8) is 0 Å². The smallest absolute Gasteiger partial charge is 0.271 e. The van der Waals surface area contributed by atoms with Gasteiger partial charge in [0.1, 0.15) is 16.6 Å². The molecule has 1 aromatic heterocycles. The summed E-state index contributed by atoms with van der Waals surface area (Å²) in [5, 5.41) is 15.4. The normalized spacial score (nSPS) is 11.3. The highest BCUT2D eigenvalue weighted by Crippen LogP contribution is 2.25. The number of fused-ring (bicyclic) bond motifs is 1. The molecule has 1 N–H and O–H groups in total. The molecular formula is C21H17ClN4O5. The molecule has 158 valence electrons. The lowest BCUT2D eigenvalue weighted by Crippen LogP contribution is -2.23. The predicted octanol–water partition coefficient (Wildman–Crippen LogP) is 3.92. The summed E-state index contributed by atoms with van der Waals surface area (Å²) in [7, 11) is 0. The number of benzene rings is 2. The van der Waals surface area contributed by atoms with Gasteiger partial charge in [-0.3, -0.25) is 19.7 Å². The fourth-order valence-corrected chi connectivity index (χ4v) is 3.02. The molecule has 0 saturated carbocycles. The van der Waals surface area contributed by atoms with Crippen molar-refractivity contribution in [1.29, 1.82) is 0 Å². The number of ketones is 1. The van der Waals surface area contributed by atoms with Crippen LogP contribution in [0, 0.1) is 10.1 Å². The summed E-state index contributed by atoms with van der Waals surface area (Å²) in [4.78, 5) is 39.0. The Morgan fingerprint density at radius 2 is 1.90 bits per heavy atom. The van der Waals surface area contributed by atoms with Gasteiger partial charge in [0.25, 0.3) is 11.6 Å². The third-order valence-electron chi connectivity index (χ3n) is 4.25. The lowest BCUT2D eigenvalue weighted by Gasteiger charge is -2.09. The number of hydrogen-bond acceptors (Lipinski definition) is 7. The summed E-state index contributed by atoms with van der Waals surface area (Å²) in [5.74, 6) is -0.431. The molecule has 9 nitrogen and oxygen atoms in total. The van der Waals surface area contributed by atoms with E-state index in [9.17, 15) is 19.7 Å². The zero-order valence-electron chi connectivity index (χ0n) is 16.6. The number of halogens is 1. The minimum Gasteiger partial charge on any atom is -0.494 e. The Balaban J connectivity index is 1.91. The van der Waals surface area contributed by atoms with Crippen molar-refractivity contribution >= 4 is 45.6 Å². The molecule has 0 spiro atoms. The molecular weight excluding hydrogens is 424 g/mol. The van der Waals surface area contributed by atoms with E-state index in [0.29, 0.717) is 23.3 Å². The Labute approximate surface area is 181 Å². The van der Waals surface area contributed by atoms with Crippen LogP contribution in [0.3, 0.4) is 0 Å². The second kappa shape index (κ2) is 9.31. The number of nitro benzene ring substituents is 1. The first-order valence-electron chi connectivity index (χ1n) is 9.17. The topological polar surface area (TPSA) is 124 Å². The molecule has 0 aliphatic heterocycles. The van der Waals surface area contributed by atoms with Crippen molar-refractivity contribution < 1.29 is 19.2 Å². The Morgan fingerprint density at radius 3 is 2.52 bits per heavy atom. The van der Waals surface area contributed by atoms with Gasteiger partial charge in [-0.15, -0.1) is 0 Å². The van der Waals surface area contributed by atoms with Crippen molar-refractivity contribution in [2.75, 3.05) is 6.61 Å². The van der Waals surface area contributed by atoms with E-state index in [4.69, 9.17) is 16.3 Å². The van der Waals surface area contributed by atoms with Gasteiger partial charge in [0, 0.05) is 41.6 Å². The van der Waals surface area contributed by atoms with Crippen LogP contribution in [0.2, 0.25) is 5.15 Å². The number of rotatable bonds is 7. The zero-order valence-corrected chi connectivity index (χ0v) is 17.3. The molecule has 0 aliphatic carbocycles. The lowest BCUT2D eigenvalue weighted by molar-refractivity contribution is -0.384. The summed E-state index contributed by atoms with van der Waals surface area (Å²) >= 11 is 6.29. The molecule has 0 atom stereocenters. The number of ether oxygens (including phenoxy) is 1. The molecule has 3 rings (SSSR count). The van der Waals surface area contributed by atoms with E-state index in [1.165, 1.54) is 31.2 Å². The van der Waals surface area contributed by atoms with Crippen molar-refractivity contribution in [3.05, 3.63) is 74.9 Å². The average Bonchev–Trinajstić information content (AvgIpc) is 2.74. The van der Waals surface area contributed by atoms with E-state index < -0.39 is 16.6 Å². The van der Waals surface area contributed by atoms with Crippen LogP contribution in [0.25, 0.3) is 10.9 Å². The molecule has 0 radical (unpaired) electrons. The van der Waals surface area contributed by atoms with E-state index in [1.54, 1.807) is 24.3 Å². The van der Waals surface area contributed by atoms with Gasteiger partial charge in [-0.25, -0.2) is 10.4 Å².